The van der Waals surface area contributed by atoms with Crippen molar-refractivity contribution in [3.8, 4) is 11.5 Å². The minimum absolute atomic E-state index is 0.00354. The first kappa shape index (κ1) is 25.0. The molecule has 154 valence electrons. The van der Waals surface area contributed by atoms with E-state index in [-0.39, 0.29) is 23.4 Å². The van der Waals surface area contributed by atoms with E-state index >= 15 is 0 Å². The summed E-state index contributed by atoms with van der Waals surface area (Å²) in [6.07, 6.45) is 4.18. The first-order chi connectivity index (χ1) is 13.1. The average Bonchev–Trinajstić information content (AvgIpc) is 2.71. The van der Waals surface area contributed by atoms with Crippen molar-refractivity contribution in [3.05, 3.63) is 35.1 Å². The highest BCUT2D eigenvalue weighted by atomic mass is 16.5. The summed E-state index contributed by atoms with van der Waals surface area (Å²) in [7, 11) is 6.82. The minimum Gasteiger partial charge on any atom is -0.504 e. The van der Waals surface area contributed by atoms with Gasteiger partial charge in [-0.1, -0.05) is 33.8 Å². The van der Waals surface area contributed by atoms with Gasteiger partial charge in [0.1, 0.15) is 0 Å². The number of aromatic hydroxyl groups is 1. The summed E-state index contributed by atoms with van der Waals surface area (Å²) in [4.78, 5) is 12.0. The van der Waals surface area contributed by atoms with Gasteiger partial charge >= 0.3 is 0 Å². The molecule has 2 aliphatic carbocycles. The lowest BCUT2D eigenvalue weighted by atomic mass is 9.70. The minimum atomic E-state index is 0.00354. The molecule has 2 atom stereocenters. The van der Waals surface area contributed by atoms with Gasteiger partial charge in [-0.05, 0) is 50.6 Å². The number of hydrogen-bond donors (Lipinski definition) is 2. The van der Waals surface area contributed by atoms with Crippen LogP contribution >= 0.6 is 0 Å². The molecule has 0 aromatic heterocycles. The highest BCUT2D eigenvalue weighted by Gasteiger charge is 2.37. The number of rotatable bonds is 2. The Morgan fingerprint density at radius 2 is 1.67 bits per heavy atom. The van der Waals surface area contributed by atoms with E-state index in [1.165, 1.54) is 14.2 Å². The Labute approximate surface area is 164 Å². The second kappa shape index (κ2) is 13.2. The van der Waals surface area contributed by atoms with Crippen molar-refractivity contribution in [2.24, 2.45) is 5.92 Å². The number of methoxy groups -OCH3 is 2. The standard InChI is InChI=1S/C16H18O4.C2H7N.2C2H6/c1-19-13-6-5-9-3-4-10-7-14(20-2)12(17)8-11(10)15(9)16(13)18;1-3-2;2*1-2/h5-7,10-11,18H,3-4,8H2,1-2H3;3H,1-2H3;2*1-2H3. The van der Waals surface area contributed by atoms with Gasteiger partial charge in [0.2, 0.25) is 0 Å². The molecule has 0 amide bonds. The third kappa shape index (κ3) is 5.99. The normalized spacial score (nSPS) is 19.3. The Hall–Kier alpha value is -2.01. The Bertz CT molecular complexity index is 611. The molecule has 5 heteroatoms. The van der Waals surface area contributed by atoms with Gasteiger partial charge in [0.05, 0.1) is 14.2 Å². The molecule has 1 aromatic rings. The molecule has 0 fully saturated rings. The maximum atomic E-state index is 12.0. The van der Waals surface area contributed by atoms with Crippen molar-refractivity contribution < 1.29 is 19.4 Å². The monoisotopic (exact) mass is 379 g/mol. The van der Waals surface area contributed by atoms with Crippen LogP contribution in [0.4, 0.5) is 0 Å². The zero-order chi connectivity index (χ0) is 21.0. The SMILES string of the molecule is CC.CC.CNC.COC1=CC2CCc3ccc(OC)c(O)c3C2CC1=O. The first-order valence-electron chi connectivity index (χ1n) is 9.83. The fraction of sp³-hybridized carbons (Fsp3) is 0.591. The van der Waals surface area contributed by atoms with Crippen LogP contribution in [-0.4, -0.2) is 39.2 Å². The van der Waals surface area contributed by atoms with Crippen molar-refractivity contribution in [1.82, 2.24) is 5.32 Å². The lowest BCUT2D eigenvalue weighted by molar-refractivity contribution is -0.119. The van der Waals surface area contributed by atoms with Crippen molar-refractivity contribution >= 4 is 5.78 Å². The Balaban J connectivity index is 0.000000860. The average molecular weight is 380 g/mol. The molecule has 0 spiro atoms. The number of benzene rings is 1. The maximum absolute atomic E-state index is 12.0. The summed E-state index contributed by atoms with van der Waals surface area (Å²) in [6.45, 7) is 8.00. The lowest BCUT2D eigenvalue weighted by Crippen LogP contribution is -2.27. The van der Waals surface area contributed by atoms with Crippen molar-refractivity contribution in [1.29, 1.82) is 0 Å². The fourth-order valence-corrected chi connectivity index (χ4v) is 3.39. The largest absolute Gasteiger partial charge is 0.504 e. The predicted octanol–water partition coefficient (Wildman–Crippen LogP) is 4.44. The Morgan fingerprint density at radius 3 is 2.19 bits per heavy atom. The van der Waals surface area contributed by atoms with E-state index in [9.17, 15) is 9.90 Å². The number of carbonyl (C=O) groups excluding carboxylic acids is 1. The van der Waals surface area contributed by atoms with Gasteiger partial charge in [-0.25, -0.2) is 0 Å². The van der Waals surface area contributed by atoms with E-state index in [1.54, 1.807) is 6.07 Å². The maximum Gasteiger partial charge on any atom is 0.197 e. The van der Waals surface area contributed by atoms with Gasteiger partial charge in [0, 0.05) is 17.9 Å². The van der Waals surface area contributed by atoms with Crippen molar-refractivity contribution in [3.63, 3.8) is 0 Å². The van der Waals surface area contributed by atoms with E-state index in [1.807, 2.05) is 53.9 Å². The van der Waals surface area contributed by atoms with Crippen LogP contribution in [0, 0.1) is 5.92 Å². The van der Waals surface area contributed by atoms with Crippen LogP contribution in [0.2, 0.25) is 0 Å². The van der Waals surface area contributed by atoms with E-state index in [2.05, 4.69) is 5.32 Å². The topological polar surface area (TPSA) is 67.8 Å². The van der Waals surface area contributed by atoms with Gasteiger partial charge < -0.3 is 19.9 Å². The van der Waals surface area contributed by atoms with E-state index in [4.69, 9.17) is 9.47 Å². The molecule has 2 N–H and O–H groups in total. The third-order valence-electron chi connectivity index (χ3n) is 4.39. The first-order valence-corrected chi connectivity index (χ1v) is 9.83. The molecule has 0 saturated heterocycles. The number of carbonyl (C=O) groups is 1. The predicted molar refractivity (Wildman–Crippen MR) is 112 cm³/mol. The molecule has 2 unspecified atom stereocenters. The van der Waals surface area contributed by atoms with E-state index < -0.39 is 0 Å². The Morgan fingerprint density at radius 1 is 1.07 bits per heavy atom. The van der Waals surface area contributed by atoms with Gasteiger partial charge in [-0.15, -0.1) is 0 Å². The van der Waals surface area contributed by atoms with Crippen LogP contribution in [0.15, 0.2) is 24.0 Å². The molecule has 0 aliphatic heterocycles. The third-order valence-corrected chi connectivity index (χ3v) is 4.39. The van der Waals surface area contributed by atoms with Crippen LogP contribution in [-0.2, 0) is 16.0 Å². The van der Waals surface area contributed by atoms with Crippen LogP contribution in [0.3, 0.4) is 0 Å². The molecule has 5 nitrogen and oxygen atoms in total. The second-order valence-corrected chi connectivity index (χ2v) is 5.86. The smallest absolute Gasteiger partial charge is 0.197 e. The van der Waals surface area contributed by atoms with Gasteiger partial charge in [0.15, 0.2) is 23.0 Å². The summed E-state index contributed by atoms with van der Waals surface area (Å²) in [5, 5.41) is 13.1. The number of ketones is 1. The summed E-state index contributed by atoms with van der Waals surface area (Å²) in [6, 6.07) is 3.78. The lowest BCUT2D eigenvalue weighted by Gasteiger charge is -2.35. The zero-order valence-corrected chi connectivity index (χ0v) is 18.2. The number of Topliss-reactive ketones (excluding diaryl/α,β-unsaturated/α-hetero) is 1. The quantitative estimate of drug-likeness (QED) is 0.795. The molecule has 1 aromatic carbocycles. The number of phenols is 1. The molecule has 0 bridgehead atoms. The summed E-state index contributed by atoms with van der Waals surface area (Å²) in [5.41, 5.74) is 1.99. The number of aryl methyl sites for hydroxylation is 1. The zero-order valence-electron chi connectivity index (χ0n) is 18.2. The summed E-state index contributed by atoms with van der Waals surface area (Å²) >= 11 is 0. The van der Waals surface area contributed by atoms with E-state index in [0.717, 1.165) is 24.0 Å². The number of hydrogen-bond acceptors (Lipinski definition) is 5. The van der Waals surface area contributed by atoms with Crippen LogP contribution in [0.25, 0.3) is 0 Å². The molecule has 2 aliphatic rings. The molecule has 0 saturated carbocycles. The number of phenolic OH excluding ortho intramolecular Hbond substituents is 1. The Kier molecular flexibility index (Phi) is 12.2. The number of ether oxygens (including phenoxy) is 2. The van der Waals surface area contributed by atoms with Gasteiger partial charge in [0.25, 0.3) is 0 Å². The van der Waals surface area contributed by atoms with Gasteiger partial charge in [-0.3, -0.25) is 4.79 Å². The number of nitrogens with one attached hydrogen (secondary N) is 1. The van der Waals surface area contributed by atoms with Crippen molar-refractivity contribution in [2.75, 3.05) is 28.3 Å². The van der Waals surface area contributed by atoms with Crippen LogP contribution in [0.1, 0.15) is 57.6 Å². The van der Waals surface area contributed by atoms with Crippen LogP contribution < -0.4 is 10.1 Å². The molecule has 3 rings (SSSR count). The van der Waals surface area contributed by atoms with Crippen molar-refractivity contribution in [2.45, 2.75) is 52.9 Å². The molecular weight excluding hydrogens is 342 g/mol. The number of fused-ring (bicyclic) bond motifs is 3. The number of allylic oxidation sites excluding steroid dienone is 2. The molecule has 27 heavy (non-hydrogen) atoms. The fourth-order valence-electron chi connectivity index (χ4n) is 3.39. The molecule has 0 radical (unpaired) electrons. The van der Waals surface area contributed by atoms with E-state index in [0.29, 0.717) is 17.9 Å². The summed E-state index contributed by atoms with van der Waals surface area (Å²) < 4.78 is 10.3. The molecule has 0 heterocycles. The van der Waals surface area contributed by atoms with Gasteiger partial charge in [-0.2, -0.15) is 0 Å². The summed E-state index contributed by atoms with van der Waals surface area (Å²) in [5.74, 6) is 1.38. The van der Waals surface area contributed by atoms with Crippen LogP contribution in [0.5, 0.6) is 11.5 Å². The second-order valence-electron chi connectivity index (χ2n) is 5.86. The highest BCUT2D eigenvalue weighted by molar-refractivity contribution is 5.95. The molecular formula is C22H37NO4. The highest BCUT2D eigenvalue weighted by Crippen LogP contribution is 2.48.